The van der Waals surface area contributed by atoms with E-state index in [9.17, 15) is 19.5 Å². The summed E-state index contributed by atoms with van der Waals surface area (Å²) < 4.78 is 22.4. The minimum absolute atomic E-state index is 0.0583. The SMILES string of the molecule is COCCCOc1cc(C(=O)N(C(C)C)[C@@H]2CC[C@@H](CCN(C(=O)CC(C)(C)O)C3CC3)N(C(=O)OC(C)(C)C)C2)ccc1OC. The number of benzene rings is 1. The van der Waals surface area contributed by atoms with Crippen LogP contribution in [0.15, 0.2) is 18.2 Å². The zero-order valence-electron chi connectivity index (χ0n) is 29.5. The van der Waals surface area contributed by atoms with Crippen LogP contribution >= 0.6 is 0 Å². The van der Waals surface area contributed by atoms with Gasteiger partial charge in [-0.1, -0.05) is 0 Å². The lowest BCUT2D eigenvalue weighted by atomic mass is 9.93. The van der Waals surface area contributed by atoms with E-state index in [1.165, 1.54) is 0 Å². The number of rotatable bonds is 15. The fraction of sp³-hybridized carbons (Fsp3) is 0.743. The third-order valence-corrected chi connectivity index (χ3v) is 8.25. The first-order chi connectivity index (χ1) is 21.5. The Bertz CT molecular complexity index is 1170. The minimum atomic E-state index is -1.08. The normalized spacial score (nSPS) is 18.7. The molecule has 1 saturated carbocycles. The Morgan fingerprint density at radius 1 is 0.978 bits per heavy atom. The molecule has 11 heteroatoms. The number of ether oxygens (including phenoxy) is 4. The zero-order chi connectivity index (χ0) is 34.2. The van der Waals surface area contributed by atoms with Crippen LogP contribution in [0.2, 0.25) is 0 Å². The van der Waals surface area contributed by atoms with E-state index in [2.05, 4.69) is 0 Å². The summed E-state index contributed by atoms with van der Waals surface area (Å²) >= 11 is 0. The molecule has 1 aliphatic heterocycles. The summed E-state index contributed by atoms with van der Waals surface area (Å²) in [6, 6.07) is 4.87. The maximum Gasteiger partial charge on any atom is 0.410 e. The van der Waals surface area contributed by atoms with Crippen molar-refractivity contribution >= 4 is 17.9 Å². The maximum atomic E-state index is 14.1. The van der Waals surface area contributed by atoms with Gasteiger partial charge in [-0.05, 0) is 98.8 Å². The quantitative estimate of drug-likeness (QED) is 0.256. The molecule has 0 bridgehead atoms. The first-order valence-electron chi connectivity index (χ1n) is 16.7. The van der Waals surface area contributed by atoms with Gasteiger partial charge in [-0.25, -0.2) is 4.79 Å². The summed E-state index contributed by atoms with van der Waals surface area (Å²) in [5, 5.41) is 10.3. The Balaban J connectivity index is 1.81. The molecule has 0 radical (unpaired) electrons. The van der Waals surface area contributed by atoms with Crippen LogP contribution in [-0.4, -0.2) is 114 Å². The predicted molar refractivity (Wildman–Crippen MR) is 176 cm³/mol. The highest BCUT2D eigenvalue weighted by molar-refractivity contribution is 5.95. The van der Waals surface area contributed by atoms with Crippen molar-refractivity contribution in [3.05, 3.63) is 23.8 Å². The number of piperidine rings is 1. The lowest BCUT2D eigenvalue weighted by Gasteiger charge is -2.45. The number of amides is 3. The smallest absolute Gasteiger partial charge is 0.410 e. The molecule has 11 nitrogen and oxygen atoms in total. The molecule has 260 valence electrons. The second-order valence-electron chi connectivity index (χ2n) is 14.5. The molecule has 1 saturated heterocycles. The van der Waals surface area contributed by atoms with Crippen molar-refractivity contribution in [2.24, 2.45) is 0 Å². The highest BCUT2D eigenvalue weighted by Gasteiger charge is 2.40. The Morgan fingerprint density at radius 2 is 1.65 bits per heavy atom. The predicted octanol–water partition coefficient (Wildman–Crippen LogP) is 5.27. The van der Waals surface area contributed by atoms with Gasteiger partial charge >= 0.3 is 6.09 Å². The number of carbonyl (C=O) groups is 3. The van der Waals surface area contributed by atoms with Gasteiger partial charge in [0.2, 0.25) is 5.91 Å². The highest BCUT2D eigenvalue weighted by Crippen LogP contribution is 2.33. The minimum Gasteiger partial charge on any atom is -0.493 e. The second-order valence-corrected chi connectivity index (χ2v) is 14.5. The molecule has 2 aliphatic rings. The standard InChI is InChI=1S/C35H57N3O8/c1-24(2)38(32(40)25-11-16-29(44-9)30(21-25)45-20-10-19-43-8)28-15-14-27(37(23-28)33(41)46-34(3,4)5)17-18-36(26-12-13-26)31(39)22-35(6,7)42/h11,16,21,24,26-28,42H,10,12-15,17-20,22-23H2,1-9H3/t27-,28+/m0/s1. The van der Waals surface area contributed by atoms with E-state index in [0.29, 0.717) is 69.0 Å². The van der Waals surface area contributed by atoms with E-state index in [1.807, 2.05) is 44.4 Å². The van der Waals surface area contributed by atoms with Crippen molar-refractivity contribution in [1.29, 1.82) is 0 Å². The van der Waals surface area contributed by atoms with E-state index in [0.717, 1.165) is 12.8 Å². The van der Waals surface area contributed by atoms with Gasteiger partial charge < -0.3 is 38.8 Å². The van der Waals surface area contributed by atoms with E-state index >= 15 is 0 Å². The molecule has 1 N–H and O–H groups in total. The Labute approximate surface area is 275 Å². The molecule has 2 atom stereocenters. The monoisotopic (exact) mass is 647 g/mol. The molecule has 2 fully saturated rings. The van der Waals surface area contributed by atoms with Crippen molar-refractivity contribution in [3.63, 3.8) is 0 Å². The summed E-state index contributed by atoms with van der Waals surface area (Å²) in [5.41, 5.74) is -1.29. The van der Waals surface area contributed by atoms with Crippen molar-refractivity contribution < 1.29 is 38.4 Å². The average Bonchev–Trinajstić information content (AvgIpc) is 3.79. The third kappa shape index (κ3) is 11.0. The van der Waals surface area contributed by atoms with Gasteiger partial charge in [0.25, 0.3) is 5.91 Å². The molecule has 1 aliphatic carbocycles. The van der Waals surface area contributed by atoms with Crippen LogP contribution in [0.3, 0.4) is 0 Å². The van der Waals surface area contributed by atoms with Crippen LogP contribution in [0.4, 0.5) is 4.79 Å². The van der Waals surface area contributed by atoms with Crippen LogP contribution in [0.25, 0.3) is 0 Å². The van der Waals surface area contributed by atoms with Crippen LogP contribution < -0.4 is 9.47 Å². The van der Waals surface area contributed by atoms with Gasteiger partial charge in [0.1, 0.15) is 5.60 Å². The van der Waals surface area contributed by atoms with Crippen LogP contribution in [0.5, 0.6) is 11.5 Å². The molecule has 0 unspecified atom stereocenters. The van der Waals surface area contributed by atoms with E-state index < -0.39 is 17.3 Å². The first-order valence-corrected chi connectivity index (χ1v) is 16.7. The molecule has 0 spiro atoms. The lowest BCUT2D eigenvalue weighted by molar-refractivity contribution is -0.136. The Morgan fingerprint density at radius 3 is 2.22 bits per heavy atom. The number of carbonyl (C=O) groups excluding carboxylic acids is 3. The highest BCUT2D eigenvalue weighted by atomic mass is 16.6. The topological polar surface area (TPSA) is 118 Å². The fourth-order valence-corrected chi connectivity index (χ4v) is 6.02. The molecule has 3 rings (SSSR count). The summed E-state index contributed by atoms with van der Waals surface area (Å²) in [6.07, 6.45) is 4.20. The van der Waals surface area contributed by atoms with E-state index in [1.54, 1.807) is 51.2 Å². The first kappa shape index (κ1) is 37.4. The number of nitrogens with zero attached hydrogens (tertiary/aromatic N) is 3. The third-order valence-electron chi connectivity index (χ3n) is 8.25. The van der Waals surface area contributed by atoms with Gasteiger partial charge in [-0.3, -0.25) is 9.59 Å². The molecule has 0 aromatic heterocycles. The summed E-state index contributed by atoms with van der Waals surface area (Å²) in [6.45, 7) is 14.6. The van der Waals surface area contributed by atoms with Gasteiger partial charge in [0.05, 0.1) is 31.8 Å². The van der Waals surface area contributed by atoms with Crippen molar-refractivity contribution in [2.45, 2.75) is 129 Å². The number of hydrogen-bond donors (Lipinski definition) is 1. The molecule has 3 amide bonds. The van der Waals surface area contributed by atoms with Gasteiger partial charge in [0.15, 0.2) is 11.5 Å². The van der Waals surface area contributed by atoms with Gasteiger partial charge in [-0.2, -0.15) is 0 Å². The molecular weight excluding hydrogens is 590 g/mol. The van der Waals surface area contributed by atoms with Crippen LogP contribution in [0.1, 0.15) is 104 Å². The Kier molecular flexibility index (Phi) is 13.2. The molecule has 1 heterocycles. The number of hydrogen-bond acceptors (Lipinski definition) is 8. The molecule has 1 aromatic carbocycles. The zero-order valence-corrected chi connectivity index (χ0v) is 29.5. The van der Waals surface area contributed by atoms with Crippen LogP contribution in [-0.2, 0) is 14.3 Å². The molecule has 1 aromatic rings. The summed E-state index contributed by atoms with van der Waals surface area (Å²) in [5.74, 6) is 0.823. The van der Waals surface area contributed by atoms with E-state index in [-0.39, 0.29) is 42.4 Å². The van der Waals surface area contributed by atoms with E-state index in [4.69, 9.17) is 18.9 Å². The Hall–Kier alpha value is -3.05. The average molecular weight is 648 g/mol. The second kappa shape index (κ2) is 16.2. The largest absolute Gasteiger partial charge is 0.493 e. The number of likely N-dealkylation sites (tertiary alicyclic amines) is 1. The number of methoxy groups -OCH3 is 2. The number of aliphatic hydroxyl groups is 1. The van der Waals surface area contributed by atoms with Crippen molar-refractivity contribution in [2.75, 3.05) is 40.5 Å². The lowest BCUT2D eigenvalue weighted by Crippen LogP contribution is -2.58. The maximum absolute atomic E-state index is 14.1. The van der Waals surface area contributed by atoms with Gasteiger partial charge in [-0.15, -0.1) is 0 Å². The van der Waals surface area contributed by atoms with Crippen LogP contribution in [0, 0.1) is 0 Å². The van der Waals surface area contributed by atoms with Crippen molar-refractivity contribution in [1.82, 2.24) is 14.7 Å². The van der Waals surface area contributed by atoms with Gasteiger partial charge in [0, 0.05) is 56.9 Å². The summed E-state index contributed by atoms with van der Waals surface area (Å²) in [7, 11) is 3.21. The van der Waals surface area contributed by atoms with Crippen molar-refractivity contribution in [3.8, 4) is 11.5 Å². The fourth-order valence-electron chi connectivity index (χ4n) is 6.02. The summed E-state index contributed by atoms with van der Waals surface area (Å²) in [4.78, 5) is 46.3. The molecule has 46 heavy (non-hydrogen) atoms. The molecular formula is C35H57N3O8.